The minimum absolute atomic E-state index is 0.0868. The summed E-state index contributed by atoms with van der Waals surface area (Å²) in [5, 5.41) is 15.7. The molecule has 0 saturated carbocycles. The van der Waals surface area contributed by atoms with Crippen LogP contribution in [0.25, 0.3) is 11.3 Å². The second kappa shape index (κ2) is 13.2. The maximum Gasteiger partial charge on any atom is 0.417 e. The Bertz CT molecular complexity index is 1380. The van der Waals surface area contributed by atoms with Crippen LogP contribution in [0.15, 0.2) is 28.1 Å². The molecule has 0 unspecified atom stereocenters. The first-order valence-electron chi connectivity index (χ1n) is 14.5. The highest BCUT2D eigenvalue weighted by Gasteiger charge is 2.35. The van der Waals surface area contributed by atoms with Crippen molar-refractivity contribution in [2.45, 2.75) is 62.4 Å². The molecule has 42 heavy (non-hydrogen) atoms. The molecular weight excluding hydrogens is 589 g/mol. The number of hydrogen-bond acceptors (Lipinski definition) is 8. The molecule has 0 amide bonds. The lowest BCUT2D eigenvalue weighted by molar-refractivity contribution is -0.139. The number of aliphatic imine (C=N–C) groups is 1. The molecule has 0 bridgehead atoms. The van der Waals surface area contributed by atoms with Gasteiger partial charge >= 0.3 is 6.18 Å². The number of hydrogen-bond donors (Lipinski definition) is 1. The zero-order valence-electron chi connectivity index (χ0n) is 23.9. The van der Waals surface area contributed by atoms with E-state index in [0.29, 0.717) is 42.1 Å². The van der Waals surface area contributed by atoms with Crippen molar-refractivity contribution in [1.82, 2.24) is 23.9 Å². The van der Waals surface area contributed by atoms with E-state index in [1.807, 2.05) is 4.90 Å². The van der Waals surface area contributed by atoms with Crippen LogP contribution in [0.3, 0.4) is 0 Å². The average Bonchev–Trinajstić information content (AvgIpc) is 3.30. The van der Waals surface area contributed by atoms with Crippen molar-refractivity contribution in [3.63, 3.8) is 0 Å². The van der Waals surface area contributed by atoms with Crippen LogP contribution < -0.4 is 0 Å². The number of sulfonamides is 1. The highest BCUT2D eigenvalue weighted by atomic mass is 32.2. The normalized spacial score (nSPS) is 19.7. The Hall–Kier alpha value is -2.13. The van der Waals surface area contributed by atoms with Gasteiger partial charge in [0.2, 0.25) is 10.0 Å². The predicted molar refractivity (Wildman–Crippen MR) is 158 cm³/mol. The summed E-state index contributed by atoms with van der Waals surface area (Å²) in [6.07, 6.45) is 2.47. The number of benzene rings is 1. The Morgan fingerprint density at radius 2 is 1.86 bits per heavy atom. The fourth-order valence-electron chi connectivity index (χ4n) is 5.89. The van der Waals surface area contributed by atoms with Gasteiger partial charge in [0.05, 0.1) is 36.5 Å². The van der Waals surface area contributed by atoms with Gasteiger partial charge in [-0.15, -0.1) is 11.8 Å². The predicted octanol–water partition coefficient (Wildman–Crippen LogP) is 3.56. The molecule has 3 aliphatic rings. The summed E-state index contributed by atoms with van der Waals surface area (Å²) < 4.78 is 69.9. The van der Waals surface area contributed by atoms with E-state index in [2.05, 4.69) is 9.89 Å². The third kappa shape index (κ3) is 7.68. The number of rotatable bonds is 10. The Balaban J connectivity index is 1.44. The van der Waals surface area contributed by atoms with E-state index >= 15 is 0 Å². The summed E-state index contributed by atoms with van der Waals surface area (Å²) in [5.41, 5.74) is 1.76. The first-order chi connectivity index (χ1) is 20.0. The number of piperidine rings is 1. The van der Waals surface area contributed by atoms with Gasteiger partial charge in [-0.05, 0) is 44.5 Å². The maximum absolute atomic E-state index is 14.0. The lowest BCUT2D eigenvalue weighted by atomic mass is 10.0. The molecule has 2 aromatic rings. The van der Waals surface area contributed by atoms with Gasteiger partial charge < -0.3 is 14.9 Å². The molecule has 4 heterocycles. The fraction of sp³-hybridized carbons (Fsp3) is 0.643. The summed E-state index contributed by atoms with van der Waals surface area (Å²) in [5.74, 6) is 0.454. The van der Waals surface area contributed by atoms with Gasteiger partial charge in [0, 0.05) is 73.2 Å². The van der Waals surface area contributed by atoms with Gasteiger partial charge in [-0.1, -0.05) is 12.5 Å². The van der Waals surface area contributed by atoms with Crippen molar-refractivity contribution < 1.29 is 26.7 Å². The standard InChI is InChI=1S/C28H39F3N6O3S2/c1-42(39,40)36-13-8-25-23(19-36)27(33-37(25)18-22(38)17-34-10-3-2-4-11-34)21-6-7-24(28(29,30)31)26(16-21)41-15-14-35-12-5-9-32-20-35/h6-7,16,20,22,38H,2-5,8-15,17-19H2,1H3/t22-/m0/s1. The number of nitrogens with zero attached hydrogens (tertiary/aromatic N) is 6. The minimum atomic E-state index is -4.52. The molecule has 14 heteroatoms. The van der Waals surface area contributed by atoms with Crippen molar-refractivity contribution in [3.8, 4) is 11.3 Å². The molecule has 9 nitrogen and oxygen atoms in total. The zero-order valence-corrected chi connectivity index (χ0v) is 25.5. The zero-order chi connectivity index (χ0) is 29.9. The Morgan fingerprint density at radius 3 is 2.55 bits per heavy atom. The van der Waals surface area contributed by atoms with Gasteiger partial charge in [0.25, 0.3) is 0 Å². The van der Waals surface area contributed by atoms with E-state index in [0.717, 1.165) is 75.2 Å². The molecule has 1 fully saturated rings. The third-order valence-electron chi connectivity index (χ3n) is 8.04. The molecule has 3 aliphatic heterocycles. The van der Waals surface area contributed by atoms with Crippen LogP contribution >= 0.6 is 11.8 Å². The number of aromatic nitrogens is 2. The number of likely N-dealkylation sites (tertiary alicyclic amines) is 1. The molecule has 1 aromatic carbocycles. The first kappa shape index (κ1) is 31.3. The van der Waals surface area contributed by atoms with E-state index in [-0.39, 0.29) is 24.5 Å². The second-order valence-corrected chi connectivity index (χ2v) is 14.4. The number of thioether (sulfide) groups is 1. The lowest BCUT2D eigenvalue weighted by Gasteiger charge is -2.29. The Morgan fingerprint density at radius 1 is 1.07 bits per heavy atom. The van der Waals surface area contributed by atoms with Gasteiger partial charge in [-0.3, -0.25) is 9.67 Å². The molecule has 1 atom stereocenters. The van der Waals surface area contributed by atoms with Crippen LogP contribution in [0.5, 0.6) is 0 Å². The number of fused-ring (bicyclic) bond motifs is 1. The van der Waals surface area contributed by atoms with Crippen molar-refractivity contribution in [1.29, 1.82) is 0 Å². The highest BCUT2D eigenvalue weighted by molar-refractivity contribution is 7.99. The smallest absolute Gasteiger partial charge is 0.390 e. The number of halogens is 3. The first-order valence-corrected chi connectivity index (χ1v) is 17.3. The quantitative estimate of drug-likeness (QED) is 0.403. The Kier molecular flexibility index (Phi) is 9.87. The number of alkyl halides is 3. The summed E-state index contributed by atoms with van der Waals surface area (Å²) >= 11 is 1.15. The van der Waals surface area contributed by atoms with Crippen LogP contribution in [0.1, 0.15) is 42.5 Å². The fourth-order valence-corrected chi connectivity index (χ4v) is 7.77. The van der Waals surface area contributed by atoms with E-state index < -0.39 is 27.9 Å². The molecule has 1 N–H and O–H groups in total. The van der Waals surface area contributed by atoms with Crippen molar-refractivity contribution in [2.24, 2.45) is 4.99 Å². The molecule has 0 spiro atoms. The topological polar surface area (TPSA) is 94.3 Å². The van der Waals surface area contributed by atoms with Crippen LogP contribution in [0.2, 0.25) is 0 Å². The molecule has 0 aliphatic carbocycles. The SMILES string of the molecule is CS(=O)(=O)N1CCc2c(c(-c3ccc(C(F)(F)F)c(SCCN4C=NCCC4)c3)nn2C[C@@H](O)CN2CCCCC2)C1. The molecule has 5 rings (SSSR count). The molecule has 0 radical (unpaired) electrons. The van der Waals surface area contributed by atoms with E-state index in [4.69, 9.17) is 5.10 Å². The van der Waals surface area contributed by atoms with Gasteiger partial charge in [-0.25, -0.2) is 8.42 Å². The molecule has 1 aromatic heterocycles. The third-order valence-corrected chi connectivity index (χ3v) is 10.3. The van der Waals surface area contributed by atoms with Crippen LogP contribution in [-0.4, -0.2) is 108 Å². The van der Waals surface area contributed by atoms with Gasteiger partial charge in [0.1, 0.15) is 0 Å². The molecule has 1 saturated heterocycles. The highest BCUT2D eigenvalue weighted by Crippen LogP contribution is 2.40. The minimum Gasteiger partial charge on any atom is -0.390 e. The summed E-state index contributed by atoms with van der Waals surface area (Å²) in [7, 11) is -3.49. The average molecular weight is 629 g/mol. The Labute approximate surface area is 249 Å². The largest absolute Gasteiger partial charge is 0.417 e. The monoisotopic (exact) mass is 628 g/mol. The van der Waals surface area contributed by atoms with Crippen molar-refractivity contribution in [2.75, 3.05) is 57.8 Å². The lowest BCUT2D eigenvalue weighted by Crippen LogP contribution is -2.39. The second-order valence-electron chi connectivity index (χ2n) is 11.3. The van der Waals surface area contributed by atoms with Crippen LogP contribution in [0, 0.1) is 0 Å². The van der Waals surface area contributed by atoms with Gasteiger partial charge in [0.15, 0.2) is 0 Å². The summed E-state index contributed by atoms with van der Waals surface area (Å²) in [4.78, 5) is 8.61. The van der Waals surface area contributed by atoms with E-state index in [9.17, 15) is 26.7 Å². The number of aliphatic hydroxyl groups excluding tert-OH is 1. The number of β-amino-alcohol motifs (C(OH)–C–C–N with tert-alkyl or cyclic N) is 1. The van der Waals surface area contributed by atoms with Crippen molar-refractivity contribution >= 4 is 28.1 Å². The van der Waals surface area contributed by atoms with Gasteiger partial charge in [-0.2, -0.15) is 22.6 Å². The molecule has 232 valence electrons. The number of aliphatic hydroxyl groups is 1. The van der Waals surface area contributed by atoms with E-state index in [1.54, 1.807) is 11.0 Å². The van der Waals surface area contributed by atoms with Crippen LogP contribution in [-0.2, 0) is 35.7 Å². The van der Waals surface area contributed by atoms with Crippen LogP contribution in [0.4, 0.5) is 13.2 Å². The maximum atomic E-state index is 14.0. The summed E-state index contributed by atoms with van der Waals surface area (Å²) in [6.45, 7) is 5.19. The summed E-state index contributed by atoms with van der Waals surface area (Å²) in [6, 6.07) is 4.03. The van der Waals surface area contributed by atoms with Crippen molar-refractivity contribution in [3.05, 3.63) is 35.0 Å². The van der Waals surface area contributed by atoms with E-state index in [1.165, 1.54) is 22.9 Å². The molecular formula is C28H39F3N6O3S2.